The lowest BCUT2D eigenvalue weighted by molar-refractivity contribution is -0.130. The normalized spacial score (nSPS) is 23.0. The Morgan fingerprint density at radius 3 is 2.41 bits per heavy atom. The third kappa shape index (κ3) is 8.02. The van der Waals surface area contributed by atoms with Gasteiger partial charge in [-0.05, 0) is 74.2 Å². The van der Waals surface area contributed by atoms with E-state index >= 15 is 0 Å². The monoisotopic (exact) mass is 689 g/mol. The van der Waals surface area contributed by atoms with Gasteiger partial charge < -0.3 is 19.7 Å². The second kappa shape index (κ2) is 15.1. The predicted molar refractivity (Wildman–Crippen MR) is 176 cm³/mol. The lowest BCUT2D eigenvalue weighted by Gasteiger charge is -2.33. The summed E-state index contributed by atoms with van der Waals surface area (Å²) in [6, 6.07) is 19.7. The third-order valence-corrected chi connectivity index (χ3v) is 10.5. The zero-order valence-electron chi connectivity index (χ0n) is 25.1. The first kappa shape index (κ1) is 34.2. The van der Waals surface area contributed by atoms with E-state index in [2.05, 4.69) is 10.9 Å². The van der Waals surface area contributed by atoms with Crippen LogP contribution in [0.25, 0.3) is 0 Å². The van der Waals surface area contributed by atoms with Crippen LogP contribution in [-0.4, -0.2) is 67.1 Å². The SMILES string of the molecule is O=C(NNC1CCC(O)CC1)[C@@]1(CCS(=O)(=O)c2ccccc2)N=C(c2ccc(OCCCO)cc2)O[C@H]1c1ccc(Cl)cc1Cl. The molecule has 2 aliphatic rings. The molecule has 0 saturated heterocycles. The van der Waals surface area contributed by atoms with Crippen LogP contribution in [0.1, 0.15) is 55.8 Å². The molecule has 0 radical (unpaired) electrons. The molecular weight excluding hydrogens is 653 g/mol. The van der Waals surface area contributed by atoms with E-state index < -0.39 is 33.1 Å². The average molecular weight is 691 g/mol. The number of ether oxygens (including phenoxy) is 2. The van der Waals surface area contributed by atoms with Gasteiger partial charge in [-0.15, -0.1) is 0 Å². The number of aliphatic imine (C=N–C) groups is 1. The van der Waals surface area contributed by atoms with Gasteiger partial charge in [0.05, 0.1) is 23.4 Å². The largest absolute Gasteiger partial charge is 0.494 e. The molecule has 10 nitrogen and oxygen atoms in total. The topological polar surface area (TPSA) is 147 Å². The molecule has 1 aliphatic carbocycles. The number of nitrogens with zero attached hydrogens (tertiary/aromatic N) is 1. The molecule has 0 unspecified atom stereocenters. The number of hydrazine groups is 1. The van der Waals surface area contributed by atoms with Gasteiger partial charge in [0.1, 0.15) is 5.75 Å². The van der Waals surface area contributed by atoms with Gasteiger partial charge in [0, 0.05) is 46.7 Å². The molecule has 0 bridgehead atoms. The Morgan fingerprint density at radius 2 is 1.74 bits per heavy atom. The van der Waals surface area contributed by atoms with Gasteiger partial charge in [0.2, 0.25) is 5.90 Å². The molecule has 4 N–H and O–H groups in total. The summed E-state index contributed by atoms with van der Waals surface area (Å²) in [5.74, 6) is -0.282. The van der Waals surface area contributed by atoms with Crippen molar-refractivity contribution in [2.45, 2.75) is 67.2 Å². The molecule has 1 fully saturated rings. The van der Waals surface area contributed by atoms with Crippen molar-refractivity contribution < 1.29 is 32.9 Å². The molecule has 246 valence electrons. The number of hydrogen-bond donors (Lipinski definition) is 4. The van der Waals surface area contributed by atoms with E-state index in [1.54, 1.807) is 54.6 Å². The standard InChI is InChI=1S/C33H37Cl2N3O7S/c34-23-9-16-28(29(35)21-23)30-33(17-20-46(42,43)27-5-2-1-3-6-27,32(41)38-37-24-10-12-25(40)13-11-24)36-31(45-30)22-7-14-26(15-8-22)44-19-4-18-39/h1-3,5-9,14-16,21,24-25,30,37,39-40H,4,10-13,17-20H2,(H,38,41)/t24?,25?,30-,33-/m0/s1. The van der Waals surface area contributed by atoms with E-state index in [0.717, 1.165) is 0 Å². The number of sulfone groups is 1. The number of benzene rings is 3. The van der Waals surface area contributed by atoms with Crippen LogP contribution < -0.4 is 15.6 Å². The molecule has 1 saturated carbocycles. The molecule has 2 atom stereocenters. The Bertz CT molecular complexity index is 1630. The van der Waals surface area contributed by atoms with Crippen molar-refractivity contribution in [3.8, 4) is 5.75 Å². The number of rotatable bonds is 13. The lowest BCUT2D eigenvalue weighted by atomic mass is 9.85. The summed E-state index contributed by atoms with van der Waals surface area (Å²) < 4.78 is 39.1. The van der Waals surface area contributed by atoms with E-state index in [4.69, 9.17) is 42.8 Å². The fraction of sp³-hybridized carbons (Fsp3) is 0.394. The van der Waals surface area contributed by atoms with Crippen LogP contribution in [-0.2, 0) is 19.4 Å². The molecule has 3 aromatic carbocycles. The second-order valence-corrected chi connectivity index (χ2v) is 14.4. The first-order valence-electron chi connectivity index (χ1n) is 15.2. The fourth-order valence-electron chi connectivity index (χ4n) is 5.59. The van der Waals surface area contributed by atoms with E-state index in [0.29, 0.717) is 60.6 Å². The number of amides is 1. The summed E-state index contributed by atoms with van der Waals surface area (Å²) in [4.78, 5) is 19.3. The first-order chi connectivity index (χ1) is 22.1. The molecule has 1 amide bonds. The molecule has 13 heteroatoms. The molecular formula is C33H37Cl2N3O7S. The molecule has 46 heavy (non-hydrogen) atoms. The number of aliphatic hydroxyl groups excluding tert-OH is 2. The van der Waals surface area contributed by atoms with E-state index in [1.165, 1.54) is 18.2 Å². The minimum absolute atomic E-state index is 0.0130. The Kier molecular flexibility index (Phi) is 11.2. The Labute approximate surface area is 278 Å². The smallest absolute Gasteiger partial charge is 0.266 e. The summed E-state index contributed by atoms with van der Waals surface area (Å²) in [7, 11) is -3.82. The molecule has 5 rings (SSSR count). The molecule has 3 aromatic rings. The summed E-state index contributed by atoms with van der Waals surface area (Å²) in [5.41, 5.74) is 5.09. The Hall–Kier alpha value is -3.19. The molecule has 1 aliphatic heterocycles. The molecule has 0 spiro atoms. The Balaban J connectivity index is 1.53. The highest BCUT2D eigenvalue weighted by atomic mass is 35.5. The van der Waals surface area contributed by atoms with Crippen LogP contribution in [0.3, 0.4) is 0 Å². The third-order valence-electron chi connectivity index (χ3n) is 8.22. The predicted octanol–water partition coefficient (Wildman–Crippen LogP) is 4.80. The highest BCUT2D eigenvalue weighted by Gasteiger charge is 2.54. The minimum atomic E-state index is -3.82. The second-order valence-electron chi connectivity index (χ2n) is 11.4. The minimum Gasteiger partial charge on any atom is -0.494 e. The van der Waals surface area contributed by atoms with Gasteiger partial charge in [-0.2, -0.15) is 0 Å². The number of nitrogens with one attached hydrogen (secondary N) is 2. The fourth-order valence-corrected chi connectivity index (χ4v) is 7.49. The number of carbonyl (C=O) groups excluding carboxylic acids is 1. The van der Waals surface area contributed by atoms with Crippen molar-refractivity contribution in [2.75, 3.05) is 19.0 Å². The van der Waals surface area contributed by atoms with Crippen molar-refractivity contribution in [3.05, 3.63) is 94.0 Å². The van der Waals surface area contributed by atoms with Gasteiger partial charge >= 0.3 is 0 Å². The zero-order valence-corrected chi connectivity index (χ0v) is 27.4. The maximum absolute atomic E-state index is 14.4. The van der Waals surface area contributed by atoms with Gasteiger partial charge in [0.15, 0.2) is 21.5 Å². The van der Waals surface area contributed by atoms with Crippen LogP contribution in [0.4, 0.5) is 0 Å². The highest BCUT2D eigenvalue weighted by molar-refractivity contribution is 7.91. The summed E-state index contributed by atoms with van der Waals surface area (Å²) >= 11 is 12.9. The van der Waals surface area contributed by atoms with Gasteiger partial charge in [-0.1, -0.05) is 47.5 Å². The van der Waals surface area contributed by atoms with Crippen molar-refractivity contribution in [1.29, 1.82) is 0 Å². The first-order valence-corrected chi connectivity index (χ1v) is 17.6. The van der Waals surface area contributed by atoms with E-state index in [9.17, 15) is 18.3 Å². The van der Waals surface area contributed by atoms with Crippen LogP contribution >= 0.6 is 23.2 Å². The van der Waals surface area contributed by atoms with Crippen LogP contribution in [0.2, 0.25) is 10.0 Å². The van der Waals surface area contributed by atoms with Crippen molar-refractivity contribution in [1.82, 2.24) is 10.9 Å². The average Bonchev–Trinajstić information content (AvgIpc) is 3.45. The maximum atomic E-state index is 14.4. The summed E-state index contributed by atoms with van der Waals surface area (Å²) in [5, 5.41) is 19.6. The summed E-state index contributed by atoms with van der Waals surface area (Å²) in [6.07, 6.45) is 1.29. The highest BCUT2D eigenvalue weighted by Crippen LogP contribution is 2.45. The van der Waals surface area contributed by atoms with E-state index in [-0.39, 0.29) is 41.0 Å². The quantitative estimate of drug-likeness (QED) is 0.148. The number of carbonyl (C=O) groups is 1. The van der Waals surface area contributed by atoms with Gasteiger partial charge in [-0.3, -0.25) is 10.2 Å². The van der Waals surface area contributed by atoms with Crippen LogP contribution in [0, 0.1) is 0 Å². The molecule has 1 heterocycles. The summed E-state index contributed by atoms with van der Waals surface area (Å²) in [6.45, 7) is 0.357. The molecule has 0 aromatic heterocycles. The zero-order chi connectivity index (χ0) is 32.7. The van der Waals surface area contributed by atoms with Crippen molar-refractivity contribution >= 4 is 44.8 Å². The lowest BCUT2D eigenvalue weighted by Crippen LogP contribution is -2.56. The van der Waals surface area contributed by atoms with Crippen LogP contribution in [0.15, 0.2) is 82.7 Å². The van der Waals surface area contributed by atoms with Gasteiger partial charge in [-0.25, -0.2) is 18.8 Å². The van der Waals surface area contributed by atoms with Gasteiger partial charge in [0.25, 0.3) is 5.91 Å². The van der Waals surface area contributed by atoms with Crippen LogP contribution in [0.5, 0.6) is 5.75 Å². The Morgan fingerprint density at radius 1 is 1.02 bits per heavy atom. The number of halogens is 2. The van der Waals surface area contributed by atoms with Crippen molar-refractivity contribution in [2.24, 2.45) is 4.99 Å². The number of aliphatic hydroxyl groups is 2. The van der Waals surface area contributed by atoms with Crippen molar-refractivity contribution in [3.63, 3.8) is 0 Å². The number of hydrogen-bond acceptors (Lipinski definition) is 9. The maximum Gasteiger partial charge on any atom is 0.266 e. The van der Waals surface area contributed by atoms with E-state index in [1.807, 2.05) is 0 Å².